The molecule has 1 atom stereocenters. The van der Waals surface area contributed by atoms with Gasteiger partial charge in [0, 0.05) is 12.2 Å². The second-order valence-corrected chi connectivity index (χ2v) is 4.58. The van der Waals surface area contributed by atoms with Crippen LogP contribution in [0.25, 0.3) is 0 Å². The first-order valence-corrected chi connectivity index (χ1v) is 6.05. The predicted molar refractivity (Wildman–Crippen MR) is 72.8 cm³/mol. The van der Waals surface area contributed by atoms with Gasteiger partial charge in [0.15, 0.2) is 0 Å². The molecule has 1 aromatic carbocycles. The van der Waals surface area contributed by atoms with Crippen molar-refractivity contribution in [1.29, 1.82) is 5.26 Å². The molecule has 0 aliphatic carbocycles. The smallest absolute Gasteiger partial charge is 0.335 e. The Morgan fingerprint density at radius 1 is 1.40 bits per heavy atom. The van der Waals surface area contributed by atoms with Crippen molar-refractivity contribution in [3.8, 4) is 6.07 Å². The van der Waals surface area contributed by atoms with Crippen LogP contribution in [0.3, 0.4) is 0 Å². The summed E-state index contributed by atoms with van der Waals surface area (Å²) in [5.41, 5.74) is 1.47. The Bertz CT molecular complexity index is 563. The highest BCUT2D eigenvalue weighted by molar-refractivity contribution is 5.89. The first kappa shape index (κ1) is 15.5. The van der Waals surface area contributed by atoms with Gasteiger partial charge in [-0.1, -0.05) is 13.0 Å². The van der Waals surface area contributed by atoms with Crippen molar-refractivity contribution in [3.63, 3.8) is 0 Å². The predicted octanol–water partition coefficient (Wildman–Crippen LogP) is 1.74. The van der Waals surface area contributed by atoms with Gasteiger partial charge in [-0.3, -0.25) is 4.79 Å². The topological polar surface area (TPSA) is 102 Å². The lowest BCUT2D eigenvalue weighted by Crippen LogP contribution is -2.32. The minimum atomic E-state index is -1.06. The number of carboxylic acids is 2. The summed E-state index contributed by atoms with van der Waals surface area (Å²) in [5.74, 6) is -2.68. The van der Waals surface area contributed by atoms with E-state index < -0.39 is 17.9 Å². The van der Waals surface area contributed by atoms with E-state index in [2.05, 4.69) is 0 Å². The number of carboxylic acid groups (broad SMARTS) is 2. The molecule has 6 heteroatoms. The van der Waals surface area contributed by atoms with Crippen LogP contribution in [-0.2, 0) is 4.79 Å². The fourth-order valence-electron chi connectivity index (χ4n) is 1.83. The molecule has 1 rings (SSSR count). The van der Waals surface area contributed by atoms with Gasteiger partial charge in [0.25, 0.3) is 0 Å². The maximum atomic E-state index is 11.0. The third-order valence-electron chi connectivity index (χ3n) is 2.97. The molecule has 0 aromatic heterocycles. The third kappa shape index (κ3) is 3.72. The molecule has 0 saturated heterocycles. The molecule has 0 heterocycles. The quantitative estimate of drug-likeness (QED) is 0.767. The lowest BCUT2D eigenvalue weighted by Gasteiger charge is -2.25. The van der Waals surface area contributed by atoms with Crippen LogP contribution in [0.2, 0.25) is 0 Å². The molecule has 0 amide bonds. The summed E-state index contributed by atoms with van der Waals surface area (Å²) < 4.78 is 0. The van der Waals surface area contributed by atoms with Crippen LogP contribution in [0.4, 0.5) is 5.69 Å². The Hall–Kier alpha value is -2.55. The van der Waals surface area contributed by atoms with E-state index in [0.29, 0.717) is 5.69 Å². The first-order chi connectivity index (χ1) is 9.36. The average Bonchev–Trinajstić information content (AvgIpc) is 2.38. The zero-order valence-electron chi connectivity index (χ0n) is 11.3. The van der Waals surface area contributed by atoms with E-state index in [-0.39, 0.29) is 18.7 Å². The molecular formula is C14H16N2O4. The number of aromatic carboxylic acids is 1. The number of nitrogens with zero attached hydrogens (tertiary/aromatic N) is 2. The van der Waals surface area contributed by atoms with Gasteiger partial charge in [0.2, 0.25) is 0 Å². The summed E-state index contributed by atoms with van der Waals surface area (Å²) in [7, 11) is 0. The van der Waals surface area contributed by atoms with Crippen LogP contribution in [0.1, 0.15) is 22.8 Å². The van der Waals surface area contributed by atoms with E-state index >= 15 is 0 Å². The maximum Gasteiger partial charge on any atom is 0.335 e. The molecule has 0 spiro atoms. The van der Waals surface area contributed by atoms with Gasteiger partial charge in [-0.2, -0.15) is 5.26 Å². The van der Waals surface area contributed by atoms with Crippen LogP contribution in [0, 0.1) is 24.2 Å². The van der Waals surface area contributed by atoms with E-state index in [9.17, 15) is 9.59 Å². The number of rotatable bonds is 6. The number of nitriles is 1. The summed E-state index contributed by atoms with van der Waals surface area (Å²) in [4.78, 5) is 23.5. The molecule has 0 fully saturated rings. The van der Waals surface area contributed by atoms with Gasteiger partial charge < -0.3 is 15.1 Å². The second kappa shape index (κ2) is 6.57. The summed E-state index contributed by atoms with van der Waals surface area (Å²) >= 11 is 0. The summed E-state index contributed by atoms with van der Waals surface area (Å²) in [5, 5.41) is 26.8. The molecule has 106 valence electrons. The van der Waals surface area contributed by atoms with Crippen LogP contribution in [0.5, 0.6) is 0 Å². The number of carbonyl (C=O) groups is 2. The number of benzene rings is 1. The van der Waals surface area contributed by atoms with Crippen LogP contribution >= 0.6 is 0 Å². The van der Waals surface area contributed by atoms with Gasteiger partial charge >= 0.3 is 11.9 Å². The van der Waals surface area contributed by atoms with Crippen molar-refractivity contribution in [3.05, 3.63) is 29.3 Å². The van der Waals surface area contributed by atoms with Crippen molar-refractivity contribution in [1.82, 2.24) is 0 Å². The van der Waals surface area contributed by atoms with Gasteiger partial charge in [-0.25, -0.2) is 4.79 Å². The SMILES string of the molecule is Cc1ccc(C(=O)O)cc1N(CC#N)CC(C)C(=O)O. The Labute approximate surface area is 116 Å². The summed E-state index contributed by atoms with van der Waals surface area (Å²) in [6, 6.07) is 6.56. The molecule has 0 saturated carbocycles. The lowest BCUT2D eigenvalue weighted by molar-refractivity contribution is -0.140. The van der Waals surface area contributed by atoms with E-state index in [1.165, 1.54) is 12.1 Å². The Morgan fingerprint density at radius 2 is 2.05 bits per heavy atom. The molecule has 0 aliphatic heterocycles. The van der Waals surface area contributed by atoms with E-state index in [1.807, 2.05) is 6.07 Å². The number of hydrogen-bond donors (Lipinski definition) is 2. The average molecular weight is 276 g/mol. The largest absolute Gasteiger partial charge is 0.481 e. The highest BCUT2D eigenvalue weighted by Gasteiger charge is 2.18. The Kier molecular flexibility index (Phi) is 5.09. The molecule has 1 unspecified atom stereocenters. The maximum absolute atomic E-state index is 11.0. The standard InChI is InChI=1S/C14H16N2O4/c1-9-3-4-11(14(19)20)7-12(9)16(6-5-15)8-10(2)13(17)18/h3-4,7,10H,6,8H2,1-2H3,(H,17,18)(H,19,20). The fraction of sp³-hybridized carbons (Fsp3) is 0.357. The van der Waals surface area contributed by atoms with Crippen molar-refractivity contribution in [2.75, 3.05) is 18.0 Å². The molecule has 1 aromatic rings. The highest BCUT2D eigenvalue weighted by Crippen LogP contribution is 2.22. The van der Waals surface area contributed by atoms with Crippen molar-refractivity contribution in [2.45, 2.75) is 13.8 Å². The van der Waals surface area contributed by atoms with Gasteiger partial charge in [0.05, 0.1) is 17.6 Å². The van der Waals surface area contributed by atoms with Crippen LogP contribution < -0.4 is 4.90 Å². The molecule has 0 bridgehead atoms. The Morgan fingerprint density at radius 3 is 2.55 bits per heavy atom. The van der Waals surface area contributed by atoms with Crippen LogP contribution in [-0.4, -0.2) is 35.2 Å². The third-order valence-corrected chi connectivity index (χ3v) is 2.97. The number of hydrogen-bond acceptors (Lipinski definition) is 4. The highest BCUT2D eigenvalue weighted by atomic mass is 16.4. The van der Waals surface area contributed by atoms with Crippen LogP contribution in [0.15, 0.2) is 18.2 Å². The number of aryl methyl sites for hydroxylation is 1. The lowest BCUT2D eigenvalue weighted by atomic mass is 10.1. The second-order valence-electron chi connectivity index (χ2n) is 4.58. The molecule has 6 nitrogen and oxygen atoms in total. The zero-order chi connectivity index (χ0) is 15.3. The van der Waals surface area contributed by atoms with Crippen molar-refractivity contribution >= 4 is 17.6 Å². The molecule has 0 aliphatic rings. The molecule has 2 N–H and O–H groups in total. The number of anilines is 1. The molecule has 0 radical (unpaired) electrons. The van der Waals surface area contributed by atoms with E-state index in [1.54, 1.807) is 24.8 Å². The summed E-state index contributed by atoms with van der Waals surface area (Å²) in [6.45, 7) is 3.48. The molecular weight excluding hydrogens is 260 g/mol. The van der Waals surface area contributed by atoms with Crippen molar-refractivity contribution in [2.24, 2.45) is 5.92 Å². The minimum absolute atomic E-state index is 0.00152. The minimum Gasteiger partial charge on any atom is -0.481 e. The fourth-order valence-corrected chi connectivity index (χ4v) is 1.83. The first-order valence-electron chi connectivity index (χ1n) is 6.05. The van der Waals surface area contributed by atoms with Gasteiger partial charge in [-0.15, -0.1) is 0 Å². The van der Waals surface area contributed by atoms with E-state index in [4.69, 9.17) is 15.5 Å². The monoisotopic (exact) mass is 276 g/mol. The van der Waals surface area contributed by atoms with Gasteiger partial charge in [-0.05, 0) is 24.6 Å². The van der Waals surface area contributed by atoms with Crippen molar-refractivity contribution < 1.29 is 19.8 Å². The van der Waals surface area contributed by atoms with Gasteiger partial charge in [0.1, 0.15) is 6.54 Å². The number of aliphatic carboxylic acids is 1. The normalized spacial score (nSPS) is 11.4. The Balaban J connectivity index is 3.14. The molecule has 20 heavy (non-hydrogen) atoms. The summed E-state index contributed by atoms with van der Waals surface area (Å²) in [6.07, 6.45) is 0. The van der Waals surface area contributed by atoms with E-state index in [0.717, 1.165) is 5.56 Å². The zero-order valence-corrected chi connectivity index (χ0v) is 11.3.